The Morgan fingerprint density at radius 3 is 2.80 bits per heavy atom. The molecule has 0 amide bonds. The molecule has 20 heavy (non-hydrogen) atoms. The van der Waals surface area contributed by atoms with Gasteiger partial charge in [0.2, 0.25) is 0 Å². The number of para-hydroxylation sites is 1. The van der Waals surface area contributed by atoms with Crippen LogP contribution in [0.3, 0.4) is 0 Å². The van der Waals surface area contributed by atoms with Crippen molar-refractivity contribution in [1.29, 1.82) is 0 Å². The fraction of sp³-hybridized carbons (Fsp3) is 0.500. The first-order chi connectivity index (χ1) is 9.65. The Hall–Kier alpha value is -1.37. The molecule has 2 rings (SSSR count). The molecular weight excluding hydrogens is 276 g/mol. The number of ether oxygens (including phenoxy) is 2. The molecule has 1 aliphatic heterocycles. The highest BCUT2D eigenvalue weighted by Crippen LogP contribution is 2.36. The van der Waals surface area contributed by atoms with Crippen molar-refractivity contribution in [3.05, 3.63) is 23.8 Å². The number of morpholine rings is 1. The molecule has 1 saturated heterocycles. The maximum absolute atomic E-state index is 10.4. The van der Waals surface area contributed by atoms with Gasteiger partial charge in [0.1, 0.15) is 0 Å². The molecule has 1 fully saturated rings. The number of phenols is 1. The third-order valence-corrected chi connectivity index (χ3v) is 3.53. The van der Waals surface area contributed by atoms with E-state index in [0.717, 1.165) is 13.1 Å². The van der Waals surface area contributed by atoms with Gasteiger partial charge < -0.3 is 20.3 Å². The van der Waals surface area contributed by atoms with Crippen molar-refractivity contribution < 1.29 is 14.6 Å². The van der Waals surface area contributed by atoms with Crippen LogP contribution < -0.4 is 10.5 Å². The third kappa shape index (κ3) is 3.20. The van der Waals surface area contributed by atoms with Gasteiger partial charge in [-0.15, -0.1) is 0 Å². The zero-order chi connectivity index (χ0) is 14.5. The SMILES string of the molecule is CCOc1cccc(C(C(N)=S)N2CCOCC2)c1O. The van der Waals surface area contributed by atoms with E-state index in [1.54, 1.807) is 6.07 Å². The second-order valence-electron chi connectivity index (χ2n) is 4.58. The fourth-order valence-electron chi connectivity index (χ4n) is 2.40. The maximum Gasteiger partial charge on any atom is 0.162 e. The molecule has 110 valence electrons. The number of phenolic OH excluding ortho intramolecular Hbond substituents is 1. The third-order valence-electron chi connectivity index (χ3n) is 3.30. The van der Waals surface area contributed by atoms with Gasteiger partial charge in [-0.3, -0.25) is 4.90 Å². The summed E-state index contributed by atoms with van der Waals surface area (Å²) in [5.41, 5.74) is 6.58. The van der Waals surface area contributed by atoms with E-state index >= 15 is 0 Å². The summed E-state index contributed by atoms with van der Waals surface area (Å²) in [5, 5.41) is 10.4. The van der Waals surface area contributed by atoms with Crippen molar-refractivity contribution >= 4 is 17.2 Å². The van der Waals surface area contributed by atoms with Gasteiger partial charge in [0.15, 0.2) is 11.5 Å². The minimum atomic E-state index is -0.297. The maximum atomic E-state index is 10.4. The molecule has 1 heterocycles. The number of hydrogen-bond donors (Lipinski definition) is 2. The van der Waals surface area contributed by atoms with E-state index in [0.29, 0.717) is 36.1 Å². The van der Waals surface area contributed by atoms with E-state index < -0.39 is 0 Å². The topological polar surface area (TPSA) is 68.0 Å². The van der Waals surface area contributed by atoms with Crippen LogP contribution in [0, 0.1) is 0 Å². The molecule has 0 aromatic heterocycles. The van der Waals surface area contributed by atoms with Crippen LogP contribution in [0.15, 0.2) is 18.2 Å². The van der Waals surface area contributed by atoms with Crippen molar-refractivity contribution in [2.24, 2.45) is 5.73 Å². The van der Waals surface area contributed by atoms with Crippen molar-refractivity contribution in [2.45, 2.75) is 13.0 Å². The Bertz CT molecular complexity index is 475. The van der Waals surface area contributed by atoms with Gasteiger partial charge in [0, 0.05) is 18.7 Å². The average molecular weight is 296 g/mol. The normalized spacial score (nSPS) is 17.6. The Morgan fingerprint density at radius 1 is 1.50 bits per heavy atom. The minimum Gasteiger partial charge on any atom is -0.504 e. The van der Waals surface area contributed by atoms with Crippen LogP contribution >= 0.6 is 12.2 Å². The fourth-order valence-corrected chi connectivity index (χ4v) is 2.67. The Labute approximate surface area is 124 Å². The number of nitrogens with zero attached hydrogens (tertiary/aromatic N) is 1. The van der Waals surface area contributed by atoms with Crippen LogP contribution in [-0.2, 0) is 4.74 Å². The van der Waals surface area contributed by atoms with Crippen LogP contribution in [-0.4, -0.2) is 47.9 Å². The zero-order valence-electron chi connectivity index (χ0n) is 11.5. The van der Waals surface area contributed by atoms with Crippen LogP contribution in [0.2, 0.25) is 0 Å². The highest BCUT2D eigenvalue weighted by molar-refractivity contribution is 7.80. The molecule has 0 spiro atoms. The monoisotopic (exact) mass is 296 g/mol. The van der Waals surface area contributed by atoms with Gasteiger partial charge in [0.05, 0.1) is 30.9 Å². The first-order valence-corrected chi connectivity index (χ1v) is 7.11. The average Bonchev–Trinajstić information content (AvgIpc) is 2.44. The number of rotatable bonds is 5. The van der Waals surface area contributed by atoms with Crippen LogP contribution in [0.4, 0.5) is 0 Å². The summed E-state index contributed by atoms with van der Waals surface area (Å²) >= 11 is 5.19. The summed E-state index contributed by atoms with van der Waals surface area (Å²) in [6.07, 6.45) is 0. The standard InChI is InChI=1S/C14H20N2O3S/c1-2-19-11-5-3-4-10(13(11)17)12(14(15)20)16-6-8-18-9-7-16/h3-5,12,17H,2,6-9H2,1H3,(H2,15,20). The summed E-state index contributed by atoms with van der Waals surface area (Å²) in [5.74, 6) is 0.568. The molecule has 0 saturated carbocycles. The molecule has 0 radical (unpaired) electrons. The summed E-state index contributed by atoms with van der Waals surface area (Å²) in [4.78, 5) is 2.47. The van der Waals surface area contributed by atoms with E-state index in [1.165, 1.54) is 0 Å². The Balaban J connectivity index is 2.33. The second-order valence-corrected chi connectivity index (χ2v) is 5.05. The molecule has 1 unspecified atom stereocenters. The van der Waals surface area contributed by atoms with Crippen LogP contribution in [0.5, 0.6) is 11.5 Å². The van der Waals surface area contributed by atoms with E-state index in [2.05, 4.69) is 4.90 Å². The van der Waals surface area contributed by atoms with Gasteiger partial charge in [0.25, 0.3) is 0 Å². The molecule has 5 nitrogen and oxygen atoms in total. The van der Waals surface area contributed by atoms with Gasteiger partial charge in [-0.25, -0.2) is 0 Å². The minimum absolute atomic E-state index is 0.110. The van der Waals surface area contributed by atoms with Gasteiger partial charge in [-0.05, 0) is 13.0 Å². The lowest BCUT2D eigenvalue weighted by Gasteiger charge is -2.34. The smallest absolute Gasteiger partial charge is 0.162 e. The lowest BCUT2D eigenvalue weighted by atomic mass is 10.0. The van der Waals surface area contributed by atoms with Gasteiger partial charge in [-0.1, -0.05) is 24.4 Å². The number of aromatic hydroxyl groups is 1. The summed E-state index contributed by atoms with van der Waals surface area (Å²) in [7, 11) is 0. The molecule has 3 N–H and O–H groups in total. The lowest BCUT2D eigenvalue weighted by molar-refractivity contribution is 0.0285. The number of benzene rings is 1. The van der Waals surface area contributed by atoms with E-state index in [-0.39, 0.29) is 11.8 Å². The van der Waals surface area contributed by atoms with Crippen molar-refractivity contribution in [1.82, 2.24) is 4.90 Å². The largest absolute Gasteiger partial charge is 0.504 e. The predicted molar refractivity (Wildman–Crippen MR) is 81.2 cm³/mol. The molecular formula is C14H20N2O3S. The van der Waals surface area contributed by atoms with Crippen molar-refractivity contribution in [2.75, 3.05) is 32.9 Å². The van der Waals surface area contributed by atoms with Crippen LogP contribution in [0.25, 0.3) is 0 Å². The van der Waals surface area contributed by atoms with Gasteiger partial charge in [-0.2, -0.15) is 0 Å². The summed E-state index contributed by atoms with van der Waals surface area (Å²) in [6, 6.07) is 5.11. The predicted octanol–water partition coefficient (Wildman–Crippen LogP) is 1.45. The molecule has 1 atom stereocenters. The first kappa shape index (κ1) is 15.0. The highest BCUT2D eigenvalue weighted by Gasteiger charge is 2.28. The lowest BCUT2D eigenvalue weighted by Crippen LogP contribution is -2.43. The van der Waals surface area contributed by atoms with Gasteiger partial charge >= 0.3 is 0 Å². The number of hydrogen-bond acceptors (Lipinski definition) is 5. The molecule has 1 aliphatic rings. The van der Waals surface area contributed by atoms with Crippen molar-refractivity contribution in [3.8, 4) is 11.5 Å². The molecule has 1 aromatic carbocycles. The molecule has 6 heteroatoms. The molecule has 0 bridgehead atoms. The Morgan fingerprint density at radius 2 is 2.20 bits per heavy atom. The quantitative estimate of drug-likeness (QED) is 0.802. The molecule has 0 aliphatic carbocycles. The van der Waals surface area contributed by atoms with E-state index in [4.69, 9.17) is 27.4 Å². The van der Waals surface area contributed by atoms with E-state index in [1.807, 2.05) is 19.1 Å². The summed E-state index contributed by atoms with van der Waals surface area (Å²) < 4.78 is 10.8. The number of thiocarbonyl (C=S) groups is 1. The molecule has 1 aromatic rings. The second kappa shape index (κ2) is 6.88. The van der Waals surface area contributed by atoms with Crippen molar-refractivity contribution in [3.63, 3.8) is 0 Å². The van der Waals surface area contributed by atoms with E-state index in [9.17, 15) is 5.11 Å². The zero-order valence-corrected chi connectivity index (χ0v) is 12.4. The van der Waals surface area contributed by atoms with Crippen LogP contribution in [0.1, 0.15) is 18.5 Å². The summed E-state index contributed by atoms with van der Waals surface area (Å²) in [6.45, 7) is 5.13. The highest BCUT2D eigenvalue weighted by atomic mass is 32.1. The first-order valence-electron chi connectivity index (χ1n) is 6.71. The Kier molecular flexibility index (Phi) is 5.17. The number of nitrogens with two attached hydrogens (primary N) is 1.